The van der Waals surface area contributed by atoms with Crippen molar-refractivity contribution in [3.8, 4) is 5.75 Å². The summed E-state index contributed by atoms with van der Waals surface area (Å²) < 4.78 is 19.5. The molecule has 0 fully saturated rings. The molecule has 5 heteroatoms. The maximum absolute atomic E-state index is 13.8. The van der Waals surface area contributed by atoms with Crippen LogP contribution >= 0.6 is 11.6 Å². The van der Waals surface area contributed by atoms with Crippen molar-refractivity contribution < 1.29 is 9.13 Å². The van der Waals surface area contributed by atoms with Gasteiger partial charge in [-0.1, -0.05) is 48.0 Å². The molecule has 0 heterocycles. The van der Waals surface area contributed by atoms with Crippen molar-refractivity contribution in [2.24, 2.45) is 0 Å². The largest absolute Gasteiger partial charge is 0.489 e. The first-order valence-electron chi connectivity index (χ1n) is 7.91. The lowest BCUT2D eigenvalue weighted by atomic mass is 10.2. The van der Waals surface area contributed by atoms with Crippen molar-refractivity contribution in [2.45, 2.75) is 13.2 Å². The second kappa shape index (κ2) is 8.51. The van der Waals surface area contributed by atoms with Crippen molar-refractivity contribution in [1.82, 2.24) is 5.43 Å². The molecule has 0 atom stereocenters. The van der Waals surface area contributed by atoms with Gasteiger partial charge in [0.2, 0.25) is 0 Å². The third-order valence-electron chi connectivity index (χ3n) is 3.64. The normalized spacial score (nSPS) is 10.5. The van der Waals surface area contributed by atoms with Gasteiger partial charge in [0.1, 0.15) is 18.2 Å². The van der Waals surface area contributed by atoms with Crippen LogP contribution in [0, 0.1) is 5.82 Å². The maximum atomic E-state index is 13.8. The van der Waals surface area contributed by atoms with Gasteiger partial charge in [0.05, 0.1) is 5.02 Å². The van der Waals surface area contributed by atoms with Crippen LogP contribution in [0.25, 0.3) is 0 Å². The Morgan fingerprint density at radius 3 is 2.52 bits per heavy atom. The van der Waals surface area contributed by atoms with Crippen molar-refractivity contribution >= 4 is 17.3 Å². The minimum Gasteiger partial charge on any atom is -0.489 e. The second-order valence-electron chi connectivity index (χ2n) is 5.48. The van der Waals surface area contributed by atoms with E-state index in [2.05, 4.69) is 10.9 Å². The fraction of sp³-hybridized carbons (Fsp3) is 0.100. The Labute approximate surface area is 151 Å². The van der Waals surface area contributed by atoms with E-state index in [1.54, 1.807) is 12.1 Å². The molecule has 0 saturated heterocycles. The van der Waals surface area contributed by atoms with Gasteiger partial charge in [-0.15, -0.1) is 0 Å². The Morgan fingerprint density at radius 1 is 0.920 bits per heavy atom. The standard InChI is InChI=1S/C20H18ClFN2O/c21-19-10-5-11-20(22)18(19)14-25-17-9-4-6-15(12-17)13-23-24-16-7-2-1-3-8-16/h1-12,23-24H,13-14H2. The molecule has 0 saturated carbocycles. The van der Waals surface area contributed by atoms with Crippen molar-refractivity contribution in [2.75, 3.05) is 5.43 Å². The van der Waals surface area contributed by atoms with Crippen LogP contribution in [0.4, 0.5) is 10.1 Å². The van der Waals surface area contributed by atoms with Crippen LogP contribution in [0.2, 0.25) is 5.02 Å². The highest BCUT2D eigenvalue weighted by Crippen LogP contribution is 2.22. The summed E-state index contributed by atoms with van der Waals surface area (Å²) in [6.45, 7) is 0.706. The third kappa shape index (κ3) is 4.95. The van der Waals surface area contributed by atoms with Crippen LogP contribution in [0.1, 0.15) is 11.1 Å². The molecule has 0 aliphatic rings. The van der Waals surface area contributed by atoms with E-state index < -0.39 is 0 Å². The molecule has 0 aliphatic heterocycles. The zero-order valence-electron chi connectivity index (χ0n) is 13.5. The predicted molar refractivity (Wildman–Crippen MR) is 99.1 cm³/mol. The fourth-order valence-corrected chi connectivity index (χ4v) is 2.56. The lowest BCUT2D eigenvalue weighted by Crippen LogP contribution is -2.20. The summed E-state index contributed by atoms with van der Waals surface area (Å²) in [5, 5.41) is 0.366. The first-order chi connectivity index (χ1) is 12.2. The number of halogens is 2. The van der Waals surface area contributed by atoms with Gasteiger partial charge >= 0.3 is 0 Å². The first kappa shape index (κ1) is 17.3. The van der Waals surface area contributed by atoms with E-state index in [4.69, 9.17) is 16.3 Å². The Bertz CT molecular complexity index is 807. The van der Waals surface area contributed by atoms with Gasteiger partial charge in [-0.25, -0.2) is 9.82 Å². The second-order valence-corrected chi connectivity index (χ2v) is 5.89. The zero-order valence-corrected chi connectivity index (χ0v) is 14.3. The Kier molecular flexibility index (Phi) is 5.88. The van der Waals surface area contributed by atoms with Gasteiger partial charge in [-0.2, -0.15) is 0 Å². The van der Waals surface area contributed by atoms with Crippen LogP contribution in [-0.4, -0.2) is 0 Å². The lowest BCUT2D eigenvalue weighted by molar-refractivity contribution is 0.299. The van der Waals surface area contributed by atoms with Crippen molar-refractivity contribution in [3.63, 3.8) is 0 Å². The highest BCUT2D eigenvalue weighted by Gasteiger charge is 2.07. The maximum Gasteiger partial charge on any atom is 0.131 e. The van der Waals surface area contributed by atoms with Gasteiger partial charge in [0.15, 0.2) is 0 Å². The van der Waals surface area contributed by atoms with E-state index >= 15 is 0 Å². The molecule has 3 nitrogen and oxygen atoms in total. The summed E-state index contributed by atoms with van der Waals surface area (Å²) in [6, 6.07) is 22.1. The summed E-state index contributed by atoms with van der Waals surface area (Å²) in [5.41, 5.74) is 8.67. The quantitative estimate of drug-likeness (QED) is 0.572. The van der Waals surface area contributed by atoms with Crippen molar-refractivity contribution in [3.05, 3.63) is 94.8 Å². The van der Waals surface area contributed by atoms with Crippen LogP contribution in [0.5, 0.6) is 5.75 Å². The molecule has 3 aromatic rings. The number of hydrogen-bond donors (Lipinski definition) is 2. The summed E-state index contributed by atoms with van der Waals surface area (Å²) in [4.78, 5) is 0. The molecular formula is C20H18ClFN2O. The smallest absolute Gasteiger partial charge is 0.131 e. The summed E-state index contributed by atoms with van der Waals surface area (Å²) in [6.07, 6.45) is 0. The Balaban J connectivity index is 1.56. The molecular weight excluding hydrogens is 339 g/mol. The minimum atomic E-state index is -0.364. The molecule has 25 heavy (non-hydrogen) atoms. The molecule has 0 unspecified atom stereocenters. The Hall–Kier alpha value is -2.56. The monoisotopic (exact) mass is 356 g/mol. The molecule has 0 bridgehead atoms. The summed E-state index contributed by atoms with van der Waals surface area (Å²) >= 11 is 6.02. The predicted octanol–water partition coefficient (Wildman–Crippen LogP) is 5.17. The van der Waals surface area contributed by atoms with Crippen LogP contribution in [0.3, 0.4) is 0 Å². The highest BCUT2D eigenvalue weighted by atomic mass is 35.5. The molecule has 0 spiro atoms. The summed E-state index contributed by atoms with van der Waals surface area (Å²) in [7, 11) is 0. The van der Waals surface area contributed by atoms with E-state index in [1.165, 1.54) is 6.07 Å². The van der Waals surface area contributed by atoms with E-state index in [-0.39, 0.29) is 12.4 Å². The van der Waals surface area contributed by atoms with Gasteiger partial charge in [-0.3, -0.25) is 0 Å². The lowest BCUT2D eigenvalue weighted by Gasteiger charge is -2.11. The number of hydrazine groups is 1. The summed E-state index contributed by atoms with van der Waals surface area (Å²) in [5.74, 6) is 0.302. The number of hydrogen-bond acceptors (Lipinski definition) is 3. The molecule has 3 rings (SSSR count). The van der Waals surface area contributed by atoms with E-state index in [0.717, 1.165) is 11.3 Å². The van der Waals surface area contributed by atoms with Gasteiger partial charge in [0.25, 0.3) is 0 Å². The number of anilines is 1. The number of para-hydroxylation sites is 1. The molecule has 0 amide bonds. The number of rotatable bonds is 7. The SMILES string of the molecule is Fc1cccc(Cl)c1COc1cccc(CNNc2ccccc2)c1. The highest BCUT2D eigenvalue weighted by molar-refractivity contribution is 6.31. The first-order valence-corrected chi connectivity index (χ1v) is 8.29. The molecule has 2 N–H and O–H groups in total. The zero-order chi connectivity index (χ0) is 17.5. The van der Waals surface area contributed by atoms with E-state index in [9.17, 15) is 4.39 Å². The molecule has 128 valence electrons. The fourth-order valence-electron chi connectivity index (χ4n) is 2.34. The average molecular weight is 357 g/mol. The van der Waals surface area contributed by atoms with Gasteiger partial charge < -0.3 is 10.2 Å². The minimum absolute atomic E-state index is 0.0880. The van der Waals surface area contributed by atoms with E-state index in [1.807, 2.05) is 54.6 Å². The average Bonchev–Trinajstić information content (AvgIpc) is 2.63. The van der Waals surface area contributed by atoms with Gasteiger partial charge in [-0.05, 0) is 42.0 Å². The van der Waals surface area contributed by atoms with E-state index in [0.29, 0.717) is 22.9 Å². The number of benzene rings is 3. The molecule has 0 radical (unpaired) electrons. The Morgan fingerprint density at radius 2 is 1.72 bits per heavy atom. The molecule has 3 aromatic carbocycles. The number of nitrogens with one attached hydrogen (secondary N) is 2. The van der Waals surface area contributed by atoms with Gasteiger partial charge in [0, 0.05) is 17.8 Å². The van der Waals surface area contributed by atoms with Crippen LogP contribution in [0.15, 0.2) is 72.8 Å². The van der Waals surface area contributed by atoms with Crippen LogP contribution < -0.4 is 15.6 Å². The van der Waals surface area contributed by atoms with Crippen molar-refractivity contribution in [1.29, 1.82) is 0 Å². The number of ether oxygens (including phenoxy) is 1. The third-order valence-corrected chi connectivity index (χ3v) is 4.00. The van der Waals surface area contributed by atoms with Crippen LogP contribution in [-0.2, 0) is 13.2 Å². The topological polar surface area (TPSA) is 33.3 Å². The molecule has 0 aliphatic carbocycles. The molecule has 0 aromatic heterocycles.